The Bertz CT molecular complexity index is 1060. The van der Waals surface area contributed by atoms with Gasteiger partial charge in [-0.25, -0.2) is 8.42 Å². The summed E-state index contributed by atoms with van der Waals surface area (Å²) in [5.41, 5.74) is 1.67. The third-order valence-corrected chi connectivity index (χ3v) is 6.36. The van der Waals surface area contributed by atoms with E-state index in [0.29, 0.717) is 13.1 Å². The molecular weight excluding hydrogens is 442 g/mol. The van der Waals surface area contributed by atoms with E-state index in [1.807, 2.05) is 32.2 Å². The summed E-state index contributed by atoms with van der Waals surface area (Å²) in [5.74, 6) is -0.153. The zero-order valence-corrected chi connectivity index (χ0v) is 20.4. The second-order valence-corrected chi connectivity index (χ2v) is 10.6. The van der Waals surface area contributed by atoms with E-state index in [4.69, 9.17) is 4.74 Å². The molecule has 3 rings (SSSR count). The molecule has 3 atom stereocenters. The average Bonchev–Trinajstić information content (AvgIpc) is 2.75. The fourth-order valence-electron chi connectivity index (χ4n) is 4.01. The number of amides is 1. The van der Waals surface area contributed by atoms with Crippen LogP contribution < -0.4 is 9.46 Å². The maximum atomic E-state index is 13.4. The summed E-state index contributed by atoms with van der Waals surface area (Å²) in [5, 5.41) is 9.76. The highest BCUT2D eigenvalue weighted by Gasteiger charge is 2.34. The van der Waals surface area contributed by atoms with E-state index < -0.39 is 10.0 Å². The number of anilines is 1. The molecule has 0 spiro atoms. The van der Waals surface area contributed by atoms with Gasteiger partial charge in [-0.1, -0.05) is 43.3 Å². The van der Waals surface area contributed by atoms with Crippen molar-refractivity contribution in [1.29, 1.82) is 0 Å². The zero-order chi connectivity index (χ0) is 24.2. The number of hydrogen-bond donors (Lipinski definition) is 2. The number of carbonyl (C=O) groups excluding carboxylic acids is 1. The first-order valence-electron chi connectivity index (χ1n) is 11.0. The van der Waals surface area contributed by atoms with Crippen LogP contribution in [-0.2, 0) is 16.6 Å². The minimum absolute atomic E-state index is 0.0689. The zero-order valence-electron chi connectivity index (χ0n) is 19.6. The van der Waals surface area contributed by atoms with Crippen LogP contribution in [0.15, 0.2) is 48.5 Å². The summed E-state index contributed by atoms with van der Waals surface area (Å²) in [4.78, 5) is 17.2. The predicted octanol–water partition coefficient (Wildman–Crippen LogP) is 2.41. The SMILES string of the molecule is C[C@@H]1CN([C@@H](C)CO)C(=O)c2cccc(NS(C)(=O)=O)c2O[C@@H]1CN(C)Cc1ccccc1. The molecule has 1 aliphatic heterocycles. The highest BCUT2D eigenvalue weighted by Crippen LogP contribution is 2.35. The Morgan fingerprint density at radius 2 is 1.91 bits per heavy atom. The highest BCUT2D eigenvalue weighted by molar-refractivity contribution is 7.92. The average molecular weight is 476 g/mol. The van der Waals surface area contributed by atoms with Gasteiger partial charge < -0.3 is 14.7 Å². The van der Waals surface area contributed by atoms with Crippen LogP contribution in [-0.4, -0.2) is 74.4 Å². The predicted molar refractivity (Wildman–Crippen MR) is 129 cm³/mol. The third kappa shape index (κ3) is 6.46. The maximum absolute atomic E-state index is 13.4. The fraction of sp³-hybridized carbons (Fsp3) is 0.458. The summed E-state index contributed by atoms with van der Waals surface area (Å²) in [6, 6.07) is 14.5. The van der Waals surface area contributed by atoms with E-state index in [9.17, 15) is 18.3 Å². The van der Waals surface area contributed by atoms with Crippen molar-refractivity contribution < 1.29 is 23.1 Å². The Morgan fingerprint density at radius 1 is 1.21 bits per heavy atom. The number of aliphatic hydroxyl groups is 1. The normalized spacial score (nSPS) is 19.9. The number of rotatable bonds is 8. The molecule has 1 aliphatic rings. The second kappa shape index (κ2) is 10.5. The lowest BCUT2D eigenvalue weighted by Gasteiger charge is -2.38. The van der Waals surface area contributed by atoms with Crippen LogP contribution in [0.2, 0.25) is 0 Å². The number of likely N-dealkylation sites (N-methyl/N-ethyl adjacent to an activating group) is 1. The molecule has 1 heterocycles. The first-order chi connectivity index (χ1) is 15.6. The Labute approximate surface area is 196 Å². The molecule has 2 aromatic carbocycles. The van der Waals surface area contributed by atoms with Gasteiger partial charge in [0.15, 0.2) is 5.75 Å². The van der Waals surface area contributed by atoms with Crippen LogP contribution in [0.5, 0.6) is 5.75 Å². The van der Waals surface area contributed by atoms with Crippen LogP contribution in [0.25, 0.3) is 0 Å². The van der Waals surface area contributed by atoms with Crippen LogP contribution >= 0.6 is 0 Å². The van der Waals surface area contributed by atoms with Gasteiger partial charge in [0.2, 0.25) is 10.0 Å². The smallest absolute Gasteiger partial charge is 0.258 e. The molecule has 2 aromatic rings. The first kappa shape index (κ1) is 25.0. The number of ether oxygens (including phenoxy) is 1. The van der Waals surface area contributed by atoms with E-state index in [0.717, 1.165) is 12.8 Å². The molecule has 8 nitrogen and oxygen atoms in total. The number of para-hydroxylation sites is 1. The van der Waals surface area contributed by atoms with Crippen LogP contribution in [0.1, 0.15) is 29.8 Å². The lowest BCUT2D eigenvalue weighted by atomic mass is 9.99. The quantitative estimate of drug-likeness (QED) is 0.608. The summed E-state index contributed by atoms with van der Waals surface area (Å²) < 4.78 is 32.8. The van der Waals surface area contributed by atoms with Gasteiger partial charge in [0, 0.05) is 25.6 Å². The Kier molecular flexibility index (Phi) is 7.99. The molecule has 0 bridgehead atoms. The molecule has 0 aromatic heterocycles. The van der Waals surface area contributed by atoms with E-state index in [-0.39, 0.29) is 47.6 Å². The summed E-state index contributed by atoms with van der Waals surface area (Å²) in [7, 11) is -1.58. The number of nitrogens with one attached hydrogen (secondary N) is 1. The summed E-state index contributed by atoms with van der Waals surface area (Å²) in [6.45, 7) is 5.32. The lowest BCUT2D eigenvalue weighted by molar-refractivity contribution is 0.0344. The van der Waals surface area contributed by atoms with Gasteiger partial charge in [-0.2, -0.15) is 0 Å². The van der Waals surface area contributed by atoms with Crippen molar-refractivity contribution in [2.45, 2.75) is 32.5 Å². The number of carbonyl (C=O) groups is 1. The van der Waals surface area contributed by atoms with Gasteiger partial charge >= 0.3 is 0 Å². The van der Waals surface area contributed by atoms with Gasteiger partial charge in [0.1, 0.15) is 6.10 Å². The second-order valence-electron chi connectivity index (χ2n) is 8.86. The molecular formula is C24H33N3O5S. The number of sulfonamides is 1. The van der Waals surface area contributed by atoms with E-state index >= 15 is 0 Å². The molecule has 0 aliphatic carbocycles. The number of aliphatic hydroxyl groups excluding tert-OH is 1. The van der Waals surface area contributed by atoms with Crippen molar-refractivity contribution in [3.63, 3.8) is 0 Å². The Morgan fingerprint density at radius 3 is 2.55 bits per heavy atom. The van der Waals surface area contributed by atoms with Crippen LogP contribution in [0.3, 0.4) is 0 Å². The number of hydrogen-bond acceptors (Lipinski definition) is 6. The van der Waals surface area contributed by atoms with Crippen molar-refractivity contribution >= 4 is 21.6 Å². The topological polar surface area (TPSA) is 99.2 Å². The van der Waals surface area contributed by atoms with Gasteiger partial charge in [0.25, 0.3) is 5.91 Å². The van der Waals surface area contributed by atoms with Crippen molar-refractivity contribution in [2.24, 2.45) is 5.92 Å². The Hall–Kier alpha value is -2.62. The van der Waals surface area contributed by atoms with Gasteiger partial charge in [-0.15, -0.1) is 0 Å². The van der Waals surface area contributed by atoms with Crippen molar-refractivity contribution in [1.82, 2.24) is 9.80 Å². The van der Waals surface area contributed by atoms with Gasteiger partial charge in [-0.3, -0.25) is 14.4 Å². The van der Waals surface area contributed by atoms with Crippen LogP contribution in [0, 0.1) is 5.92 Å². The molecule has 33 heavy (non-hydrogen) atoms. The molecule has 0 unspecified atom stereocenters. The monoisotopic (exact) mass is 475 g/mol. The van der Waals surface area contributed by atoms with Gasteiger partial charge in [-0.05, 0) is 31.7 Å². The standard InChI is InChI=1S/C24H33N3O5S/c1-17-13-27(18(2)16-28)24(29)20-11-8-12-21(25-33(4,30)31)23(20)32-22(17)15-26(3)14-19-9-6-5-7-10-19/h5-12,17-18,22,25,28H,13-16H2,1-4H3/t17-,18+,22-/m1/s1. The number of fused-ring (bicyclic) bond motifs is 1. The molecule has 180 valence electrons. The fourth-order valence-corrected chi connectivity index (χ4v) is 4.57. The lowest BCUT2D eigenvalue weighted by Crippen LogP contribution is -2.49. The molecule has 0 saturated heterocycles. The Balaban J connectivity index is 1.98. The van der Waals surface area contributed by atoms with E-state index in [1.165, 1.54) is 5.56 Å². The highest BCUT2D eigenvalue weighted by atomic mass is 32.2. The molecule has 0 radical (unpaired) electrons. The molecule has 1 amide bonds. The van der Waals surface area contributed by atoms with Gasteiger partial charge in [0.05, 0.1) is 30.2 Å². The molecule has 2 N–H and O–H groups in total. The number of nitrogens with zero attached hydrogens (tertiary/aromatic N) is 2. The van der Waals surface area contributed by atoms with Crippen molar-refractivity contribution in [3.05, 3.63) is 59.7 Å². The summed E-state index contributed by atoms with van der Waals surface area (Å²) in [6.07, 6.45) is 0.742. The minimum Gasteiger partial charge on any atom is -0.486 e. The molecule has 0 fully saturated rings. The molecule has 9 heteroatoms. The molecule has 0 saturated carbocycles. The number of benzene rings is 2. The van der Waals surface area contributed by atoms with Crippen molar-refractivity contribution in [3.8, 4) is 5.75 Å². The van der Waals surface area contributed by atoms with E-state index in [1.54, 1.807) is 30.0 Å². The third-order valence-electron chi connectivity index (χ3n) is 5.77. The van der Waals surface area contributed by atoms with Crippen molar-refractivity contribution in [2.75, 3.05) is 37.7 Å². The maximum Gasteiger partial charge on any atom is 0.258 e. The largest absolute Gasteiger partial charge is 0.486 e. The summed E-state index contributed by atoms with van der Waals surface area (Å²) >= 11 is 0. The minimum atomic E-state index is -3.58. The first-order valence-corrected chi connectivity index (χ1v) is 12.9. The van der Waals surface area contributed by atoms with E-state index in [2.05, 4.69) is 21.8 Å². The van der Waals surface area contributed by atoms with Crippen LogP contribution in [0.4, 0.5) is 5.69 Å².